The fourth-order valence-electron chi connectivity index (χ4n) is 2.31. The molecule has 132 valence electrons. The number of aromatic hydroxyl groups is 1. The number of ketones is 2. The first kappa shape index (κ1) is 18.1. The zero-order chi connectivity index (χ0) is 18.6. The van der Waals surface area contributed by atoms with E-state index in [9.17, 15) is 14.7 Å². The van der Waals surface area contributed by atoms with Gasteiger partial charge in [-0.1, -0.05) is 0 Å². The first-order valence-corrected chi connectivity index (χ1v) is 7.22. The summed E-state index contributed by atoms with van der Waals surface area (Å²) in [4.78, 5) is 25.3. The molecule has 0 aliphatic heterocycles. The number of phenolic OH excluding ortho intramolecular Hbond substituents is 1. The number of rotatable bonds is 7. The standard InChI is InChI=1S/C18H18O7/c1-22-10-5-6-12(14(8-10)24-3)17(20)18(21)16-13(19)7-11(23-2)9-15(16)25-4/h5-9,19H,1-4H3. The Labute approximate surface area is 144 Å². The molecular formula is C18H18O7. The molecule has 0 unspecified atom stereocenters. The van der Waals surface area contributed by atoms with Crippen molar-refractivity contribution in [1.82, 2.24) is 0 Å². The second kappa shape index (κ2) is 7.57. The van der Waals surface area contributed by atoms with Gasteiger partial charge >= 0.3 is 0 Å². The van der Waals surface area contributed by atoms with Crippen LogP contribution >= 0.6 is 0 Å². The molecule has 0 amide bonds. The summed E-state index contributed by atoms with van der Waals surface area (Å²) in [5, 5.41) is 10.1. The normalized spacial score (nSPS) is 10.1. The number of carbonyl (C=O) groups excluding carboxylic acids is 2. The van der Waals surface area contributed by atoms with Crippen molar-refractivity contribution in [3.8, 4) is 28.7 Å². The highest BCUT2D eigenvalue weighted by atomic mass is 16.5. The van der Waals surface area contributed by atoms with Crippen molar-refractivity contribution in [3.05, 3.63) is 41.5 Å². The van der Waals surface area contributed by atoms with Crippen LogP contribution in [0.2, 0.25) is 0 Å². The fourth-order valence-corrected chi connectivity index (χ4v) is 2.31. The number of Topliss-reactive ketones (excluding diaryl/α,β-unsaturated/α-hetero) is 2. The molecule has 2 aromatic rings. The highest BCUT2D eigenvalue weighted by molar-refractivity contribution is 6.50. The molecule has 0 bridgehead atoms. The van der Waals surface area contributed by atoms with E-state index < -0.39 is 17.3 Å². The van der Waals surface area contributed by atoms with E-state index in [-0.39, 0.29) is 22.6 Å². The maximum absolute atomic E-state index is 12.7. The van der Waals surface area contributed by atoms with Crippen LogP contribution in [0, 0.1) is 0 Å². The van der Waals surface area contributed by atoms with Gasteiger partial charge in [-0.2, -0.15) is 0 Å². The molecule has 7 heteroatoms. The van der Waals surface area contributed by atoms with E-state index in [1.54, 1.807) is 0 Å². The van der Waals surface area contributed by atoms with E-state index in [1.807, 2.05) is 0 Å². The summed E-state index contributed by atoms with van der Waals surface area (Å²) >= 11 is 0. The van der Waals surface area contributed by atoms with Crippen LogP contribution in [-0.4, -0.2) is 45.1 Å². The second-order valence-electron chi connectivity index (χ2n) is 4.95. The van der Waals surface area contributed by atoms with E-state index in [1.165, 1.54) is 58.8 Å². The molecule has 0 radical (unpaired) electrons. The lowest BCUT2D eigenvalue weighted by Gasteiger charge is -2.13. The first-order chi connectivity index (χ1) is 12.0. The number of hydrogen-bond donors (Lipinski definition) is 1. The third kappa shape index (κ3) is 3.50. The van der Waals surface area contributed by atoms with Gasteiger partial charge in [-0.05, 0) is 12.1 Å². The van der Waals surface area contributed by atoms with Gasteiger partial charge in [0.15, 0.2) is 0 Å². The highest BCUT2D eigenvalue weighted by Crippen LogP contribution is 2.35. The maximum atomic E-state index is 12.7. The van der Waals surface area contributed by atoms with Gasteiger partial charge in [0, 0.05) is 18.2 Å². The van der Waals surface area contributed by atoms with Crippen LogP contribution in [0.1, 0.15) is 20.7 Å². The molecular weight excluding hydrogens is 328 g/mol. The number of ether oxygens (including phenoxy) is 4. The number of hydrogen-bond acceptors (Lipinski definition) is 7. The van der Waals surface area contributed by atoms with Crippen LogP contribution in [0.5, 0.6) is 28.7 Å². The van der Waals surface area contributed by atoms with Gasteiger partial charge in [-0.15, -0.1) is 0 Å². The van der Waals surface area contributed by atoms with Crippen LogP contribution in [0.15, 0.2) is 30.3 Å². The molecule has 0 aromatic heterocycles. The number of benzene rings is 2. The Morgan fingerprint density at radius 3 is 1.92 bits per heavy atom. The Bertz CT molecular complexity index is 811. The second-order valence-corrected chi connectivity index (χ2v) is 4.95. The molecule has 0 heterocycles. The Morgan fingerprint density at radius 1 is 0.760 bits per heavy atom. The SMILES string of the molecule is COc1ccc(C(=O)C(=O)c2c(O)cc(OC)cc2OC)c(OC)c1. The van der Waals surface area contributed by atoms with Crippen molar-refractivity contribution in [2.45, 2.75) is 0 Å². The van der Waals surface area contributed by atoms with E-state index in [2.05, 4.69) is 0 Å². The van der Waals surface area contributed by atoms with Crippen LogP contribution in [0.4, 0.5) is 0 Å². The zero-order valence-corrected chi connectivity index (χ0v) is 14.3. The van der Waals surface area contributed by atoms with Gasteiger partial charge in [0.1, 0.15) is 34.3 Å². The molecule has 0 aliphatic carbocycles. The number of carbonyl (C=O) groups is 2. The minimum atomic E-state index is -0.930. The van der Waals surface area contributed by atoms with Crippen LogP contribution < -0.4 is 18.9 Å². The molecule has 0 atom stereocenters. The van der Waals surface area contributed by atoms with Gasteiger partial charge in [0.05, 0.1) is 34.0 Å². The Balaban J connectivity index is 2.50. The number of phenols is 1. The Morgan fingerprint density at radius 2 is 1.36 bits per heavy atom. The van der Waals surface area contributed by atoms with Crippen molar-refractivity contribution in [1.29, 1.82) is 0 Å². The van der Waals surface area contributed by atoms with Crippen molar-refractivity contribution in [3.63, 3.8) is 0 Å². The third-order valence-electron chi connectivity index (χ3n) is 3.60. The minimum Gasteiger partial charge on any atom is -0.507 e. The molecule has 0 fully saturated rings. The molecule has 25 heavy (non-hydrogen) atoms. The number of methoxy groups -OCH3 is 4. The van der Waals surface area contributed by atoms with Crippen LogP contribution in [-0.2, 0) is 0 Å². The monoisotopic (exact) mass is 346 g/mol. The van der Waals surface area contributed by atoms with Gasteiger partial charge < -0.3 is 24.1 Å². The summed E-state index contributed by atoms with van der Waals surface area (Å²) in [6, 6.07) is 7.09. The Kier molecular flexibility index (Phi) is 5.49. The molecule has 0 saturated heterocycles. The minimum absolute atomic E-state index is 0.0303. The summed E-state index contributed by atoms with van der Waals surface area (Å²) in [6.45, 7) is 0. The van der Waals surface area contributed by atoms with Crippen LogP contribution in [0.25, 0.3) is 0 Å². The quantitative estimate of drug-likeness (QED) is 0.608. The smallest absolute Gasteiger partial charge is 0.241 e. The van der Waals surface area contributed by atoms with Gasteiger partial charge in [0.2, 0.25) is 11.6 Å². The van der Waals surface area contributed by atoms with Gasteiger partial charge in [0.25, 0.3) is 0 Å². The third-order valence-corrected chi connectivity index (χ3v) is 3.60. The molecule has 0 aliphatic rings. The van der Waals surface area contributed by atoms with E-state index in [4.69, 9.17) is 18.9 Å². The molecule has 2 aromatic carbocycles. The summed E-state index contributed by atoms with van der Waals surface area (Å²) in [7, 11) is 5.58. The van der Waals surface area contributed by atoms with Crippen molar-refractivity contribution in [2.24, 2.45) is 0 Å². The molecule has 0 spiro atoms. The molecule has 0 saturated carbocycles. The Hall–Kier alpha value is -3.22. The zero-order valence-electron chi connectivity index (χ0n) is 14.3. The average Bonchev–Trinajstić information content (AvgIpc) is 2.65. The lowest BCUT2D eigenvalue weighted by atomic mass is 9.99. The largest absolute Gasteiger partial charge is 0.507 e. The summed E-state index contributed by atoms with van der Waals surface area (Å²) in [5.74, 6) is -1.21. The lowest BCUT2D eigenvalue weighted by molar-refractivity contribution is 0.0811. The fraction of sp³-hybridized carbons (Fsp3) is 0.222. The van der Waals surface area contributed by atoms with Crippen molar-refractivity contribution >= 4 is 11.6 Å². The van der Waals surface area contributed by atoms with Gasteiger partial charge in [-0.3, -0.25) is 9.59 Å². The van der Waals surface area contributed by atoms with Crippen molar-refractivity contribution in [2.75, 3.05) is 28.4 Å². The molecule has 7 nitrogen and oxygen atoms in total. The van der Waals surface area contributed by atoms with E-state index in [0.717, 1.165) is 0 Å². The predicted molar refractivity (Wildman–Crippen MR) is 89.4 cm³/mol. The van der Waals surface area contributed by atoms with E-state index >= 15 is 0 Å². The summed E-state index contributed by atoms with van der Waals surface area (Å²) in [6.07, 6.45) is 0. The topological polar surface area (TPSA) is 91.3 Å². The van der Waals surface area contributed by atoms with Gasteiger partial charge in [-0.25, -0.2) is 0 Å². The first-order valence-electron chi connectivity index (χ1n) is 7.22. The lowest BCUT2D eigenvalue weighted by Crippen LogP contribution is -2.17. The molecule has 2 rings (SSSR count). The van der Waals surface area contributed by atoms with Crippen LogP contribution in [0.3, 0.4) is 0 Å². The summed E-state index contributed by atoms with van der Waals surface area (Å²) < 4.78 is 20.3. The predicted octanol–water partition coefficient (Wildman–Crippen LogP) is 2.49. The summed E-state index contributed by atoms with van der Waals surface area (Å²) in [5.41, 5.74) is -0.197. The van der Waals surface area contributed by atoms with Crippen molar-refractivity contribution < 1.29 is 33.6 Å². The maximum Gasteiger partial charge on any atom is 0.241 e. The highest BCUT2D eigenvalue weighted by Gasteiger charge is 2.28. The van der Waals surface area contributed by atoms with E-state index in [0.29, 0.717) is 11.5 Å². The molecule has 1 N–H and O–H groups in total. The average molecular weight is 346 g/mol.